The van der Waals surface area contributed by atoms with E-state index in [0.29, 0.717) is 24.6 Å². The van der Waals surface area contributed by atoms with Crippen molar-refractivity contribution in [2.75, 3.05) is 13.1 Å². The van der Waals surface area contributed by atoms with Crippen molar-refractivity contribution in [3.05, 3.63) is 21.9 Å². The normalized spacial score (nSPS) is 19.5. The number of ether oxygens (including phenoxy) is 1. The maximum absolute atomic E-state index is 12.3. The molecule has 0 aromatic carbocycles. The van der Waals surface area contributed by atoms with Gasteiger partial charge in [-0.3, -0.25) is 0 Å². The van der Waals surface area contributed by atoms with Crippen LogP contribution in [-0.4, -0.2) is 46.8 Å². The second kappa shape index (κ2) is 8.19. The minimum Gasteiger partial charge on any atom is -0.478 e. The van der Waals surface area contributed by atoms with E-state index < -0.39 is 11.6 Å². The fourth-order valence-electron chi connectivity index (χ4n) is 2.92. The first-order valence-electron chi connectivity index (χ1n) is 8.67. The first-order chi connectivity index (χ1) is 11.7. The number of amides is 1. The topological polar surface area (TPSA) is 78.9 Å². The molecule has 6 nitrogen and oxygen atoms in total. The number of carboxylic acid groups (broad SMARTS) is 1. The average Bonchev–Trinajstić information content (AvgIpc) is 3.00. The minimum atomic E-state index is -0.893. The number of nitrogens with zero attached hydrogens (tertiary/aromatic N) is 1. The van der Waals surface area contributed by atoms with Gasteiger partial charge in [0.2, 0.25) is 0 Å². The third-order valence-electron chi connectivity index (χ3n) is 4.32. The lowest BCUT2D eigenvalue weighted by atomic mass is 9.92. The van der Waals surface area contributed by atoms with Gasteiger partial charge < -0.3 is 20.1 Å². The molecule has 0 spiro atoms. The molecule has 0 radical (unpaired) electrons. The van der Waals surface area contributed by atoms with Crippen molar-refractivity contribution in [3.63, 3.8) is 0 Å². The zero-order chi connectivity index (χ0) is 18.6. The molecule has 7 heteroatoms. The summed E-state index contributed by atoms with van der Waals surface area (Å²) < 4.78 is 5.47. The van der Waals surface area contributed by atoms with Crippen molar-refractivity contribution in [1.29, 1.82) is 0 Å². The Balaban J connectivity index is 1.85. The van der Waals surface area contributed by atoms with Crippen LogP contribution in [-0.2, 0) is 11.3 Å². The molecule has 2 N–H and O–H groups in total. The van der Waals surface area contributed by atoms with Crippen molar-refractivity contribution >= 4 is 23.4 Å². The van der Waals surface area contributed by atoms with E-state index >= 15 is 0 Å². The van der Waals surface area contributed by atoms with Gasteiger partial charge in [-0.05, 0) is 52.5 Å². The Labute approximate surface area is 153 Å². The third kappa shape index (κ3) is 6.01. The summed E-state index contributed by atoms with van der Waals surface area (Å²) >= 11 is 1.45. The Morgan fingerprint density at radius 3 is 2.80 bits per heavy atom. The monoisotopic (exact) mass is 368 g/mol. The van der Waals surface area contributed by atoms with Crippen LogP contribution in [0.15, 0.2) is 11.4 Å². The van der Waals surface area contributed by atoms with Gasteiger partial charge >= 0.3 is 12.1 Å². The molecule has 2 rings (SSSR count). The molecule has 0 bridgehead atoms. The van der Waals surface area contributed by atoms with Crippen molar-refractivity contribution in [2.24, 2.45) is 5.92 Å². The van der Waals surface area contributed by atoms with Gasteiger partial charge in [0.05, 0.1) is 5.56 Å². The number of aromatic carboxylic acids is 1. The van der Waals surface area contributed by atoms with E-state index in [4.69, 9.17) is 9.84 Å². The van der Waals surface area contributed by atoms with Crippen LogP contribution in [0.5, 0.6) is 0 Å². The number of hydrogen-bond donors (Lipinski definition) is 2. The number of hydrogen-bond acceptors (Lipinski definition) is 5. The summed E-state index contributed by atoms with van der Waals surface area (Å²) in [5.74, 6) is -0.531. The Morgan fingerprint density at radius 2 is 2.20 bits per heavy atom. The van der Waals surface area contributed by atoms with Gasteiger partial charge in [-0.1, -0.05) is 0 Å². The van der Waals surface area contributed by atoms with Crippen LogP contribution < -0.4 is 5.32 Å². The minimum absolute atomic E-state index is 0.237. The van der Waals surface area contributed by atoms with E-state index in [-0.39, 0.29) is 12.1 Å². The van der Waals surface area contributed by atoms with Crippen LogP contribution in [0.4, 0.5) is 4.79 Å². The summed E-state index contributed by atoms with van der Waals surface area (Å²) in [7, 11) is 0. The number of carbonyl (C=O) groups excluding carboxylic acids is 1. The molecular formula is C18H28N2O4S. The van der Waals surface area contributed by atoms with Crippen LogP contribution in [0, 0.1) is 5.92 Å². The molecule has 0 saturated carbocycles. The number of piperidine rings is 1. The van der Waals surface area contributed by atoms with Crippen LogP contribution in [0.25, 0.3) is 0 Å². The highest BCUT2D eigenvalue weighted by molar-refractivity contribution is 7.10. The molecule has 2 atom stereocenters. The second-order valence-corrected chi connectivity index (χ2v) is 8.60. The smallest absolute Gasteiger partial charge is 0.410 e. The fourth-order valence-corrected chi connectivity index (χ4v) is 3.73. The number of carboxylic acids is 1. The second-order valence-electron chi connectivity index (χ2n) is 7.61. The summed E-state index contributed by atoms with van der Waals surface area (Å²) in [6.07, 6.45) is 1.80. The van der Waals surface area contributed by atoms with Crippen molar-refractivity contribution in [2.45, 2.75) is 58.7 Å². The lowest BCUT2D eigenvalue weighted by Crippen LogP contribution is -2.47. The van der Waals surface area contributed by atoms with Crippen LogP contribution in [0.2, 0.25) is 0 Å². The molecule has 1 fully saturated rings. The van der Waals surface area contributed by atoms with E-state index in [0.717, 1.165) is 24.3 Å². The van der Waals surface area contributed by atoms with Gasteiger partial charge in [-0.2, -0.15) is 0 Å². The third-order valence-corrected chi connectivity index (χ3v) is 5.25. The molecule has 1 aromatic rings. The van der Waals surface area contributed by atoms with Crippen LogP contribution in [0.3, 0.4) is 0 Å². The van der Waals surface area contributed by atoms with E-state index in [1.54, 1.807) is 16.3 Å². The molecule has 0 aliphatic carbocycles. The summed E-state index contributed by atoms with van der Waals surface area (Å²) in [5, 5.41) is 14.1. The van der Waals surface area contributed by atoms with Crippen LogP contribution in [0.1, 0.15) is 55.8 Å². The molecule has 140 valence electrons. The van der Waals surface area contributed by atoms with E-state index in [1.165, 1.54) is 11.3 Å². The SMILES string of the molecule is CC(NCc1cc(C(=O)O)cs1)C1CCCN(C(=O)OC(C)(C)C)C1. The van der Waals surface area contributed by atoms with Crippen molar-refractivity contribution in [3.8, 4) is 0 Å². The number of likely N-dealkylation sites (tertiary alicyclic amines) is 1. The number of nitrogens with one attached hydrogen (secondary N) is 1. The number of carbonyl (C=O) groups is 2. The Kier molecular flexibility index (Phi) is 6.46. The molecule has 2 unspecified atom stereocenters. The molecule has 1 saturated heterocycles. The highest BCUT2D eigenvalue weighted by Crippen LogP contribution is 2.23. The van der Waals surface area contributed by atoms with E-state index in [1.807, 2.05) is 20.8 Å². The largest absolute Gasteiger partial charge is 0.478 e. The van der Waals surface area contributed by atoms with E-state index in [2.05, 4.69) is 12.2 Å². The van der Waals surface area contributed by atoms with Gasteiger partial charge in [0.25, 0.3) is 0 Å². The predicted octanol–water partition coefficient (Wildman–Crippen LogP) is 3.57. The quantitative estimate of drug-likeness (QED) is 0.831. The highest BCUT2D eigenvalue weighted by atomic mass is 32.1. The van der Waals surface area contributed by atoms with Crippen LogP contribution >= 0.6 is 11.3 Å². The number of thiophene rings is 1. The van der Waals surface area contributed by atoms with Gasteiger partial charge in [0.1, 0.15) is 5.60 Å². The molecular weight excluding hydrogens is 340 g/mol. The molecule has 1 amide bonds. The van der Waals surface area contributed by atoms with Gasteiger partial charge in [-0.15, -0.1) is 11.3 Å². The predicted molar refractivity (Wildman–Crippen MR) is 98.1 cm³/mol. The van der Waals surface area contributed by atoms with Gasteiger partial charge in [0, 0.05) is 35.9 Å². The fraction of sp³-hybridized carbons (Fsp3) is 0.667. The molecule has 1 aromatic heterocycles. The maximum Gasteiger partial charge on any atom is 0.410 e. The Morgan fingerprint density at radius 1 is 1.48 bits per heavy atom. The lowest BCUT2D eigenvalue weighted by Gasteiger charge is -2.36. The zero-order valence-corrected chi connectivity index (χ0v) is 16.2. The summed E-state index contributed by atoms with van der Waals surface area (Å²) in [5.41, 5.74) is -0.141. The maximum atomic E-state index is 12.3. The lowest BCUT2D eigenvalue weighted by molar-refractivity contribution is 0.0148. The van der Waals surface area contributed by atoms with Crippen molar-refractivity contribution < 1.29 is 19.4 Å². The summed E-state index contributed by atoms with van der Waals surface area (Å²) in [4.78, 5) is 26.0. The Bertz CT molecular complexity index is 608. The highest BCUT2D eigenvalue weighted by Gasteiger charge is 2.30. The molecule has 2 heterocycles. The molecule has 1 aliphatic rings. The Hall–Kier alpha value is -1.60. The van der Waals surface area contributed by atoms with Crippen molar-refractivity contribution in [1.82, 2.24) is 10.2 Å². The summed E-state index contributed by atoms with van der Waals surface area (Å²) in [6.45, 7) is 9.82. The first kappa shape index (κ1) is 19.7. The standard InChI is InChI=1S/C18H28N2O4S/c1-12(19-9-15-8-14(11-25-15)16(21)22)13-6-5-7-20(10-13)17(23)24-18(2,3)4/h8,11-13,19H,5-7,9-10H2,1-4H3,(H,21,22). The van der Waals surface area contributed by atoms with Gasteiger partial charge in [0.15, 0.2) is 0 Å². The van der Waals surface area contributed by atoms with Gasteiger partial charge in [-0.25, -0.2) is 9.59 Å². The molecule has 25 heavy (non-hydrogen) atoms. The van der Waals surface area contributed by atoms with E-state index in [9.17, 15) is 9.59 Å². The zero-order valence-electron chi connectivity index (χ0n) is 15.4. The summed E-state index contributed by atoms with van der Waals surface area (Å²) in [6, 6.07) is 1.95. The number of rotatable bonds is 5. The first-order valence-corrected chi connectivity index (χ1v) is 9.55. The average molecular weight is 368 g/mol. The molecule has 1 aliphatic heterocycles.